The van der Waals surface area contributed by atoms with Crippen LogP contribution >= 0.6 is 0 Å². The second-order valence-corrected chi connectivity index (χ2v) is 21.3. The highest BCUT2D eigenvalue weighted by Gasteiger charge is 2.21. The number of carbonyl (C=O) groups excluding carboxylic acids is 4. The van der Waals surface area contributed by atoms with Crippen LogP contribution in [0.2, 0.25) is 0 Å². The van der Waals surface area contributed by atoms with Crippen molar-refractivity contribution < 1.29 is 43.3 Å². The molecular formula is C64H114O9. The van der Waals surface area contributed by atoms with Crippen LogP contribution in [-0.4, -0.2) is 53.6 Å². The number of Topliss-reactive ketones (excluding diaryl/α,β-unsaturated/α-hetero) is 1. The fraction of sp³-hybridized carbons (Fsp3) is 0.828. The summed E-state index contributed by atoms with van der Waals surface area (Å²) in [5.41, 5.74) is 0.518. The molecule has 9 nitrogen and oxygen atoms in total. The van der Waals surface area contributed by atoms with E-state index < -0.39 is 24.1 Å². The minimum absolute atomic E-state index is 0.00306. The average molecular weight is 1030 g/mol. The Labute approximate surface area is 449 Å². The molecule has 1 aromatic rings. The van der Waals surface area contributed by atoms with Crippen molar-refractivity contribution in [1.82, 2.24) is 0 Å². The molecule has 0 unspecified atom stereocenters. The summed E-state index contributed by atoms with van der Waals surface area (Å²) < 4.78 is 16.5. The van der Waals surface area contributed by atoms with Crippen molar-refractivity contribution in [3.63, 3.8) is 0 Å². The summed E-state index contributed by atoms with van der Waals surface area (Å²) in [7, 11) is 0. The summed E-state index contributed by atoms with van der Waals surface area (Å²) in [6.07, 6.45) is 50.4. The first-order valence-corrected chi connectivity index (χ1v) is 31.0. The molecule has 1 rings (SSSR count). The molecule has 0 saturated carbocycles. The highest BCUT2D eigenvalue weighted by molar-refractivity contribution is 5.97. The van der Waals surface area contributed by atoms with Gasteiger partial charge in [-0.25, -0.2) is 0 Å². The molecule has 424 valence electrons. The van der Waals surface area contributed by atoms with Gasteiger partial charge in [0.05, 0.1) is 12.8 Å². The zero-order valence-corrected chi connectivity index (χ0v) is 48.0. The Morgan fingerprint density at radius 2 is 0.658 bits per heavy atom. The molecule has 0 amide bonds. The lowest BCUT2D eigenvalue weighted by atomic mass is 10.0. The number of rotatable bonds is 53. The van der Waals surface area contributed by atoms with Crippen LogP contribution in [0.3, 0.4) is 0 Å². The number of benzene rings is 1. The molecule has 0 heterocycles. The molecule has 1 aromatic carbocycles. The SMILES string of the molecule is CCCCCCCCCCCCCC(=O)O[C@H](CCCCCCCCCCC)CC(=O)O.CCCCCCCCCCCCCC(=O)O[C@H](CCCCCCCCCCC)CC(=O)OCC(=O)c1ccccc1. The van der Waals surface area contributed by atoms with Crippen molar-refractivity contribution in [1.29, 1.82) is 0 Å². The summed E-state index contributed by atoms with van der Waals surface area (Å²) in [4.78, 5) is 60.7. The Morgan fingerprint density at radius 1 is 0.370 bits per heavy atom. The third-order valence-electron chi connectivity index (χ3n) is 14.1. The van der Waals surface area contributed by atoms with Crippen molar-refractivity contribution >= 4 is 29.7 Å². The molecule has 73 heavy (non-hydrogen) atoms. The average Bonchev–Trinajstić information content (AvgIpc) is 3.38. The van der Waals surface area contributed by atoms with Crippen LogP contribution in [0.1, 0.15) is 333 Å². The predicted molar refractivity (Wildman–Crippen MR) is 304 cm³/mol. The fourth-order valence-corrected chi connectivity index (χ4v) is 9.42. The number of unbranched alkanes of at least 4 members (excludes halogenated alkanes) is 36. The van der Waals surface area contributed by atoms with Crippen LogP contribution in [0.15, 0.2) is 30.3 Å². The minimum atomic E-state index is -0.881. The predicted octanol–water partition coefficient (Wildman–Crippen LogP) is 19.3. The molecule has 0 aliphatic heterocycles. The lowest BCUT2D eigenvalue weighted by Gasteiger charge is -2.17. The fourth-order valence-electron chi connectivity index (χ4n) is 9.42. The summed E-state index contributed by atoms with van der Waals surface area (Å²) in [5, 5.41) is 9.13. The minimum Gasteiger partial charge on any atom is -0.481 e. The first kappa shape index (κ1) is 69.8. The number of carboxylic acid groups (broad SMARTS) is 1. The number of carboxylic acids is 1. The van der Waals surface area contributed by atoms with E-state index in [9.17, 15) is 24.0 Å². The summed E-state index contributed by atoms with van der Waals surface area (Å²) in [6.45, 7) is 8.68. The van der Waals surface area contributed by atoms with Gasteiger partial charge in [-0.15, -0.1) is 0 Å². The zero-order chi connectivity index (χ0) is 53.5. The smallest absolute Gasteiger partial charge is 0.310 e. The second-order valence-electron chi connectivity index (χ2n) is 21.3. The van der Waals surface area contributed by atoms with Gasteiger partial charge in [-0.3, -0.25) is 24.0 Å². The van der Waals surface area contributed by atoms with E-state index in [0.717, 1.165) is 57.8 Å². The molecule has 9 heteroatoms. The standard InChI is InChI=1S/C36H60O5.C28H54O4/c1-3-5-7-9-11-13-14-16-18-20-25-29-35(38)41-33(28-24-19-17-15-12-10-8-6-4-2)30-36(39)40-31-34(37)32-26-22-21-23-27-32;1-3-5-7-9-11-13-14-16-18-20-22-24-28(31)32-26(25-27(29)30)23-21-19-17-15-12-10-8-6-4-2/h21-23,26-27,33H,3-20,24-25,28-31H2,1-2H3;26H,3-25H2,1-2H3,(H,29,30)/t33-;26-/m11/s1. The second kappa shape index (κ2) is 55.0. The maximum absolute atomic E-state index is 12.6. The number of ether oxygens (including phenoxy) is 3. The Kier molecular flexibility index (Phi) is 52.6. The van der Waals surface area contributed by atoms with Gasteiger partial charge in [0.2, 0.25) is 0 Å². The Balaban J connectivity index is 0.00000147. The molecule has 0 spiro atoms. The van der Waals surface area contributed by atoms with E-state index in [0.29, 0.717) is 31.2 Å². The lowest BCUT2D eigenvalue weighted by molar-refractivity contribution is -0.156. The largest absolute Gasteiger partial charge is 0.481 e. The van der Waals surface area contributed by atoms with E-state index >= 15 is 0 Å². The third kappa shape index (κ3) is 50.7. The van der Waals surface area contributed by atoms with Crippen LogP contribution in [0.4, 0.5) is 0 Å². The van der Waals surface area contributed by atoms with Gasteiger partial charge in [0, 0.05) is 18.4 Å². The van der Waals surface area contributed by atoms with Gasteiger partial charge in [-0.2, -0.15) is 0 Å². The van der Waals surface area contributed by atoms with E-state index in [1.807, 2.05) is 6.07 Å². The molecule has 0 aromatic heterocycles. The van der Waals surface area contributed by atoms with Crippen molar-refractivity contribution in [2.75, 3.05) is 6.61 Å². The highest BCUT2D eigenvalue weighted by Crippen LogP contribution is 2.19. The lowest BCUT2D eigenvalue weighted by Crippen LogP contribution is -2.24. The zero-order valence-electron chi connectivity index (χ0n) is 48.0. The number of aliphatic carboxylic acids is 1. The summed E-state index contributed by atoms with van der Waals surface area (Å²) >= 11 is 0. The van der Waals surface area contributed by atoms with E-state index in [4.69, 9.17) is 19.3 Å². The summed E-state index contributed by atoms with van der Waals surface area (Å²) in [5.74, 6) is -2.05. The Bertz CT molecular complexity index is 1400. The van der Waals surface area contributed by atoms with Gasteiger partial charge >= 0.3 is 23.9 Å². The molecule has 0 saturated heterocycles. The van der Waals surface area contributed by atoms with Gasteiger partial charge in [0.25, 0.3) is 0 Å². The molecule has 0 aliphatic carbocycles. The number of ketones is 1. The normalized spacial score (nSPS) is 11.9. The van der Waals surface area contributed by atoms with Crippen molar-refractivity contribution in [3.05, 3.63) is 35.9 Å². The number of esters is 3. The van der Waals surface area contributed by atoms with Gasteiger partial charge in [0.1, 0.15) is 12.2 Å². The molecule has 0 fully saturated rings. The molecule has 1 N–H and O–H groups in total. The number of carbonyl (C=O) groups is 5. The third-order valence-corrected chi connectivity index (χ3v) is 14.1. The maximum atomic E-state index is 12.6. The van der Waals surface area contributed by atoms with Crippen molar-refractivity contribution in [2.45, 2.75) is 335 Å². The van der Waals surface area contributed by atoms with Crippen LogP contribution in [0.5, 0.6) is 0 Å². The Hall–Kier alpha value is -3.23. The monoisotopic (exact) mass is 1030 g/mol. The van der Waals surface area contributed by atoms with Crippen LogP contribution in [-0.2, 0) is 33.4 Å². The van der Waals surface area contributed by atoms with E-state index in [-0.39, 0.29) is 37.2 Å². The number of hydrogen-bond donors (Lipinski definition) is 1. The molecule has 0 radical (unpaired) electrons. The Morgan fingerprint density at radius 3 is 0.973 bits per heavy atom. The van der Waals surface area contributed by atoms with E-state index in [1.165, 1.54) is 199 Å². The van der Waals surface area contributed by atoms with Crippen molar-refractivity contribution in [2.24, 2.45) is 0 Å². The summed E-state index contributed by atoms with van der Waals surface area (Å²) in [6, 6.07) is 8.82. The van der Waals surface area contributed by atoms with Gasteiger partial charge < -0.3 is 19.3 Å². The molecule has 0 bridgehead atoms. The highest BCUT2D eigenvalue weighted by atomic mass is 16.6. The van der Waals surface area contributed by atoms with Gasteiger partial charge in [-0.1, -0.05) is 289 Å². The topological polar surface area (TPSA) is 133 Å². The van der Waals surface area contributed by atoms with E-state index in [1.54, 1.807) is 24.3 Å². The molecule has 0 aliphatic rings. The van der Waals surface area contributed by atoms with Crippen LogP contribution < -0.4 is 0 Å². The maximum Gasteiger partial charge on any atom is 0.310 e. The number of hydrogen-bond acceptors (Lipinski definition) is 8. The van der Waals surface area contributed by atoms with Crippen LogP contribution in [0.25, 0.3) is 0 Å². The quantitative estimate of drug-likeness (QED) is 0.0293. The van der Waals surface area contributed by atoms with E-state index in [2.05, 4.69) is 27.7 Å². The van der Waals surface area contributed by atoms with Crippen LogP contribution in [0, 0.1) is 0 Å². The van der Waals surface area contributed by atoms with Gasteiger partial charge in [-0.05, 0) is 38.5 Å². The molecule has 2 atom stereocenters. The first-order valence-electron chi connectivity index (χ1n) is 31.0. The molecular weight excluding hydrogens is 913 g/mol. The van der Waals surface area contributed by atoms with Gasteiger partial charge in [0.15, 0.2) is 12.4 Å². The first-order chi connectivity index (χ1) is 35.7. The van der Waals surface area contributed by atoms with Crippen molar-refractivity contribution in [3.8, 4) is 0 Å².